The summed E-state index contributed by atoms with van der Waals surface area (Å²) < 4.78 is 27.1. The van der Waals surface area contributed by atoms with Gasteiger partial charge in [0.25, 0.3) is 5.91 Å². The molecule has 1 aliphatic carbocycles. The fourth-order valence-corrected chi connectivity index (χ4v) is 5.59. The van der Waals surface area contributed by atoms with Crippen LogP contribution in [0.2, 0.25) is 0 Å². The van der Waals surface area contributed by atoms with E-state index >= 15 is 4.39 Å². The number of benzene rings is 1. The average molecular weight is 471 g/mol. The Morgan fingerprint density at radius 1 is 1.24 bits per heavy atom. The third-order valence-electron chi connectivity index (χ3n) is 7.09. The monoisotopic (exact) mass is 471 g/mol. The van der Waals surface area contributed by atoms with E-state index in [1.165, 1.54) is 0 Å². The number of morpholine rings is 1. The van der Waals surface area contributed by atoms with E-state index in [2.05, 4.69) is 21.1 Å². The first kappa shape index (κ1) is 21.0. The summed E-state index contributed by atoms with van der Waals surface area (Å²) in [6, 6.07) is -0.173. The molecule has 0 unspecified atom stereocenters. The number of amides is 5. The van der Waals surface area contributed by atoms with Crippen molar-refractivity contribution in [2.75, 3.05) is 11.4 Å². The number of halogens is 1. The predicted molar refractivity (Wildman–Crippen MR) is 113 cm³/mol. The van der Waals surface area contributed by atoms with Gasteiger partial charge in [-0.15, -0.1) is 0 Å². The number of hydrogen-bond acceptors (Lipinski definition) is 8. The first-order valence-electron chi connectivity index (χ1n) is 11.2. The van der Waals surface area contributed by atoms with Gasteiger partial charge >= 0.3 is 6.03 Å². The maximum atomic E-state index is 15.9. The van der Waals surface area contributed by atoms with Gasteiger partial charge in [-0.3, -0.25) is 25.0 Å². The van der Waals surface area contributed by atoms with Crippen LogP contribution in [0.3, 0.4) is 0 Å². The number of urea groups is 1. The van der Waals surface area contributed by atoms with Crippen LogP contribution in [0.4, 0.5) is 14.9 Å². The number of ether oxygens (including phenoxy) is 1. The van der Waals surface area contributed by atoms with Gasteiger partial charge in [0.05, 0.1) is 29.3 Å². The zero-order valence-electron chi connectivity index (χ0n) is 18.4. The maximum absolute atomic E-state index is 15.9. The summed E-state index contributed by atoms with van der Waals surface area (Å²) >= 11 is 0. The highest BCUT2D eigenvalue weighted by Crippen LogP contribution is 2.49. The lowest BCUT2D eigenvalue weighted by Crippen LogP contribution is -2.75. The maximum Gasteiger partial charge on any atom is 0.328 e. The molecule has 2 aromatic rings. The summed E-state index contributed by atoms with van der Waals surface area (Å²) in [6.45, 7) is 3.72. The number of hydrogen-bond donors (Lipinski definition) is 3. The molecule has 1 aromatic heterocycles. The Morgan fingerprint density at radius 2 is 1.94 bits per heavy atom. The van der Waals surface area contributed by atoms with Gasteiger partial charge < -0.3 is 19.5 Å². The molecule has 1 aromatic carbocycles. The molecule has 0 radical (unpaired) electrons. The van der Waals surface area contributed by atoms with Gasteiger partial charge in [0, 0.05) is 19.0 Å². The van der Waals surface area contributed by atoms with Gasteiger partial charge in [-0.1, -0.05) is 5.16 Å². The Balaban J connectivity index is 1.55. The van der Waals surface area contributed by atoms with Gasteiger partial charge in [-0.25, -0.2) is 9.18 Å². The first-order valence-corrected chi connectivity index (χ1v) is 11.2. The van der Waals surface area contributed by atoms with Crippen LogP contribution in [0.1, 0.15) is 42.7 Å². The number of imide groups is 2. The zero-order chi connectivity index (χ0) is 23.9. The summed E-state index contributed by atoms with van der Waals surface area (Å²) in [4.78, 5) is 52.6. The second-order valence-corrected chi connectivity index (χ2v) is 9.49. The van der Waals surface area contributed by atoms with E-state index in [9.17, 15) is 19.2 Å². The summed E-state index contributed by atoms with van der Waals surface area (Å²) in [7, 11) is 0. The summed E-state index contributed by atoms with van der Waals surface area (Å²) in [5.41, 5.74) is -1.46. The van der Waals surface area contributed by atoms with Gasteiger partial charge in [-0.05, 0) is 38.3 Å². The molecule has 2 saturated heterocycles. The Morgan fingerprint density at radius 3 is 2.62 bits per heavy atom. The number of carbonyl (C=O) groups is 4. The van der Waals surface area contributed by atoms with Gasteiger partial charge in [0.1, 0.15) is 0 Å². The lowest BCUT2D eigenvalue weighted by atomic mass is 9.66. The van der Waals surface area contributed by atoms with Crippen molar-refractivity contribution in [3.05, 3.63) is 23.1 Å². The van der Waals surface area contributed by atoms with Crippen LogP contribution in [-0.4, -0.2) is 59.7 Å². The molecule has 4 aliphatic rings. The van der Waals surface area contributed by atoms with E-state index in [4.69, 9.17) is 9.26 Å². The standard InChI is InChI=1S/C22H22FN5O6/c1-8-7-28-15-10(5-12-14(18(29)24-11-3-4-11)27-34-16(12)13(15)23)6-22(17(28)9(2)33-8)19(30)25-21(32)26-20(22)31/h5,8-9,11,17H,3-4,6-7H2,1-2H3,(H,24,29)(H2,25,26,30,31,32)/t8-,9+,17-/m1/s1. The molecule has 0 bridgehead atoms. The normalized spacial score (nSPS) is 27.8. The van der Waals surface area contributed by atoms with Crippen molar-refractivity contribution in [2.24, 2.45) is 5.41 Å². The molecule has 34 heavy (non-hydrogen) atoms. The zero-order valence-corrected chi connectivity index (χ0v) is 18.4. The minimum Gasteiger partial charge on any atom is -0.372 e. The van der Waals surface area contributed by atoms with Crippen molar-refractivity contribution in [2.45, 2.75) is 57.4 Å². The predicted octanol–water partition coefficient (Wildman–Crippen LogP) is 0.750. The lowest BCUT2D eigenvalue weighted by Gasteiger charge is -2.55. The third-order valence-corrected chi connectivity index (χ3v) is 7.09. The minimum atomic E-state index is -1.74. The molecule has 6 rings (SSSR count). The summed E-state index contributed by atoms with van der Waals surface area (Å²) in [5.74, 6) is -2.75. The van der Waals surface area contributed by atoms with Crippen molar-refractivity contribution in [1.29, 1.82) is 0 Å². The van der Waals surface area contributed by atoms with E-state index in [0.29, 0.717) is 5.56 Å². The van der Waals surface area contributed by atoms with E-state index in [-0.39, 0.29) is 47.5 Å². The van der Waals surface area contributed by atoms with Gasteiger partial charge in [0.15, 0.2) is 16.9 Å². The number of nitrogens with one attached hydrogen (secondary N) is 3. The number of nitrogens with zero attached hydrogens (tertiary/aromatic N) is 2. The number of fused-ring (bicyclic) bond motifs is 5. The topological polar surface area (TPSA) is 143 Å². The lowest BCUT2D eigenvalue weighted by molar-refractivity contribution is -0.153. The molecular formula is C22H22FN5O6. The van der Waals surface area contributed by atoms with Crippen LogP contribution in [-0.2, 0) is 20.7 Å². The smallest absolute Gasteiger partial charge is 0.328 e. The van der Waals surface area contributed by atoms with E-state index in [1.54, 1.807) is 17.9 Å². The molecule has 12 heteroatoms. The van der Waals surface area contributed by atoms with Crippen LogP contribution in [0.5, 0.6) is 0 Å². The molecule has 1 saturated carbocycles. The Bertz CT molecular complexity index is 1270. The Labute approximate surface area is 192 Å². The molecule has 4 heterocycles. The van der Waals surface area contributed by atoms with Crippen LogP contribution in [0.15, 0.2) is 10.6 Å². The molecule has 1 spiro atoms. The van der Waals surface area contributed by atoms with Crippen molar-refractivity contribution >= 4 is 40.4 Å². The largest absolute Gasteiger partial charge is 0.372 e. The second-order valence-electron chi connectivity index (χ2n) is 9.49. The highest BCUT2D eigenvalue weighted by atomic mass is 19.1. The van der Waals surface area contributed by atoms with Gasteiger partial charge in [0.2, 0.25) is 17.4 Å². The number of anilines is 1. The highest BCUT2D eigenvalue weighted by Gasteiger charge is 2.63. The number of carbonyl (C=O) groups excluding carboxylic acids is 4. The minimum absolute atomic E-state index is 0.0591. The van der Waals surface area contributed by atoms with E-state index in [0.717, 1.165) is 12.8 Å². The van der Waals surface area contributed by atoms with Crippen molar-refractivity contribution in [3.8, 4) is 0 Å². The van der Waals surface area contributed by atoms with Crippen LogP contribution < -0.4 is 20.9 Å². The number of aromatic nitrogens is 1. The molecule has 178 valence electrons. The molecular weight excluding hydrogens is 449 g/mol. The third kappa shape index (κ3) is 2.81. The molecule has 3 N–H and O–H groups in total. The van der Waals surface area contributed by atoms with Crippen molar-refractivity contribution in [1.82, 2.24) is 21.1 Å². The first-order chi connectivity index (χ1) is 16.2. The Kier molecular flexibility index (Phi) is 4.32. The fourth-order valence-electron chi connectivity index (χ4n) is 5.59. The number of rotatable bonds is 2. The quantitative estimate of drug-likeness (QED) is 0.545. The average Bonchev–Trinajstić information content (AvgIpc) is 3.46. The highest BCUT2D eigenvalue weighted by molar-refractivity contribution is 6.20. The van der Waals surface area contributed by atoms with Crippen LogP contribution >= 0.6 is 0 Å². The van der Waals surface area contributed by atoms with Crippen LogP contribution in [0.25, 0.3) is 11.0 Å². The van der Waals surface area contributed by atoms with Crippen molar-refractivity contribution < 1.29 is 32.8 Å². The molecule has 3 aliphatic heterocycles. The van der Waals surface area contributed by atoms with E-state index < -0.39 is 47.1 Å². The molecule has 11 nitrogen and oxygen atoms in total. The molecule has 3 fully saturated rings. The summed E-state index contributed by atoms with van der Waals surface area (Å²) in [5, 5.41) is 11.2. The second kappa shape index (κ2) is 6.98. The van der Waals surface area contributed by atoms with Crippen molar-refractivity contribution in [3.63, 3.8) is 0 Å². The molecule has 3 atom stereocenters. The molecule has 5 amide bonds. The summed E-state index contributed by atoms with van der Waals surface area (Å²) in [6.07, 6.45) is 0.580. The van der Waals surface area contributed by atoms with E-state index in [1.807, 2.05) is 6.92 Å². The van der Waals surface area contributed by atoms with Gasteiger partial charge in [-0.2, -0.15) is 0 Å². The SMILES string of the molecule is C[C@@H]1CN2c3c(cc4c(C(=O)NC5CC5)noc4c3F)CC3(C(=O)NC(=O)NC3=O)[C@H]2[C@H](C)O1. The fraction of sp³-hybridized carbons (Fsp3) is 0.500. The van der Waals surface area contributed by atoms with Crippen LogP contribution in [0, 0.1) is 11.2 Å². The number of barbiturate groups is 1. The Hall–Kier alpha value is -3.54.